The summed E-state index contributed by atoms with van der Waals surface area (Å²) < 4.78 is 16.3. The van der Waals surface area contributed by atoms with Gasteiger partial charge in [0.15, 0.2) is 17.3 Å². The molecule has 1 aromatic carbocycles. The van der Waals surface area contributed by atoms with Crippen molar-refractivity contribution in [1.29, 1.82) is 0 Å². The van der Waals surface area contributed by atoms with Crippen LogP contribution in [0.3, 0.4) is 0 Å². The number of aromatic nitrogens is 1. The van der Waals surface area contributed by atoms with Crippen molar-refractivity contribution in [2.45, 2.75) is 13.0 Å². The number of hydrogen-bond donors (Lipinski definition) is 3. The predicted octanol–water partition coefficient (Wildman–Crippen LogP) is 0.302. The second-order valence-electron chi connectivity index (χ2n) is 8.48. The lowest BCUT2D eigenvalue weighted by molar-refractivity contribution is -0.137. The van der Waals surface area contributed by atoms with E-state index in [-0.39, 0.29) is 30.3 Å². The molecule has 2 fully saturated rings. The van der Waals surface area contributed by atoms with Crippen molar-refractivity contribution in [3.63, 3.8) is 0 Å². The molecular weight excluding hydrogens is 428 g/mol. The number of carbonyl (C=O) groups excluding carboxylic acids is 2. The zero-order valence-electron chi connectivity index (χ0n) is 18.5. The number of piperazine rings is 1. The van der Waals surface area contributed by atoms with Crippen LogP contribution >= 0.6 is 0 Å². The average Bonchev–Trinajstić information content (AvgIpc) is 3.48. The predicted molar refractivity (Wildman–Crippen MR) is 118 cm³/mol. The third-order valence-electron chi connectivity index (χ3n) is 6.17. The topological polar surface area (TPSA) is 121 Å². The molecule has 3 aliphatic heterocycles. The minimum atomic E-state index is -0.224. The van der Waals surface area contributed by atoms with Crippen LogP contribution < -0.4 is 25.6 Å². The highest BCUT2D eigenvalue weighted by Gasteiger charge is 2.38. The highest BCUT2D eigenvalue weighted by Crippen LogP contribution is 2.35. The normalized spacial score (nSPS) is 22.9. The van der Waals surface area contributed by atoms with Crippen LogP contribution in [0.4, 0.5) is 5.82 Å². The maximum Gasteiger partial charge on any atom is 0.239 e. The minimum Gasteiger partial charge on any atom is -0.486 e. The summed E-state index contributed by atoms with van der Waals surface area (Å²) in [7, 11) is 0. The van der Waals surface area contributed by atoms with Crippen LogP contribution in [0, 0.1) is 12.8 Å². The summed E-state index contributed by atoms with van der Waals surface area (Å²) in [5.74, 6) is 2.24. The van der Waals surface area contributed by atoms with Gasteiger partial charge in [-0.2, -0.15) is 0 Å². The van der Waals surface area contributed by atoms with Gasteiger partial charge in [-0.25, -0.2) is 5.43 Å². The zero-order chi connectivity index (χ0) is 22.8. The summed E-state index contributed by atoms with van der Waals surface area (Å²) in [6.45, 7) is 6.09. The van der Waals surface area contributed by atoms with Gasteiger partial charge in [0.1, 0.15) is 19.0 Å². The molecular formula is C22H28N6O5. The number of aryl methyl sites for hydroxylation is 1. The van der Waals surface area contributed by atoms with Crippen molar-refractivity contribution < 1.29 is 23.6 Å². The molecule has 176 valence electrons. The van der Waals surface area contributed by atoms with E-state index < -0.39 is 0 Å². The van der Waals surface area contributed by atoms with Gasteiger partial charge in [0.25, 0.3) is 0 Å². The molecule has 2 unspecified atom stereocenters. The number of nitrogens with one attached hydrogen (secondary N) is 3. The maximum atomic E-state index is 13.3. The Morgan fingerprint density at radius 3 is 2.67 bits per heavy atom. The molecule has 2 amide bonds. The Morgan fingerprint density at radius 2 is 1.91 bits per heavy atom. The van der Waals surface area contributed by atoms with Gasteiger partial charge in [0, 0.05) is 38.8 Å². The SMILES string of the molecule is Cc1cc(NC(=O)CN2CCN(C(=O)C3CNNC3c3ccc4c(c3)OCCO4)CC2)no1. The molecule has 2 atom stereocenters. The van der Waals surface area contributed by atoms with Crippen LogP contribution in [0.5, 0.6) is 11.5 Å². The van der Waals surface area contributed by atoms with Gasteiger partial charge >= 0.3 is 0 Å². The molecule has 0 spiro atoms. The van der Waals surface area contributed by atoms with Crippen LogP contribution in [0.1, 0.15) is 17.4 Å². The van der Waals surface area contributed by atoms with Crippen LogP contribution in [-0.2, 0) is 9.59 Å². The van der Waals surface area contributed by atoms with E-state index >= 15 is 0 Å². The van der Waals surface area contributed by atoms with Crippen molar-refractivity contribution >= 4 is 17.6 Å². The molecule has 0 bridgehead atoms. The van der Waals surface area contributed by atoms with E-state index in [9.17, 15) is 9.59 Å². The quantitative estimate of drug-likeness (QED) is 0.583. The van der Waals surface area contributed by atoms with Crippen LogP contribution in [0.2, 0.25) is 0 Å². The van der Waals surface area contributed by atoms with Crippen molar-refractivity contribution in [3.8, 4) is 11.5 Å². The molecule has 3 N–H and O–H groups in total. The Balaban J connectivity index is 1.15. The van der Waals surface area contributed by atoms with Gasteiger partial charge < -0.3 is 24.2 Å². The lowest BCUT2D eigenvalue weighted by Gasteiger charge is -2.36. The summed E-state index contributed by atoms with van der Waals surface area (Å²) in [5.41, 5.74) is 7.36. The molecule has 2 saturated heterocycles. The number of nitrogens with zero attached hydrogens (tertiary/aromatic N) is 3. The highest BCUT2D eigenvalue weighted by molar-refractivity contribution is 5.91. The highest BCUT2D eigenvalue weighted by atomic mass is 16.6. The number of fused-ring (bicyclic) bond motifs is 1. The third kappa shape index (κ3) is 4.80. The smallest absolute Gasteiger partial charge is 0.239 e. The minimum absolute atomic E-state index is 0.106. The molecule has 0 aliphatic carbocycles. The van der Waals surface area contributed by atoms with Gasteiger partial charge in [-0.05, 0) is 24.6 Å². The molecule has 4 heterocycles. The first kappa shape index (κ1) is 21.7. The first-order valence-corrected chi connectivity index (χ1v) is 11.2. The van der Waals surface area contributed by atoms with E-state index in [0.717, 1.165) is 11.3 Å². The lowest BCUT2D eigenvalue weighted by Crippen LogP contribution is -2.52. The van der Waals surface area contributed by atoms with Crippen LogP contribution in [-0.4, -0.2) is 79.3 Å². The van der Waals surface area contributed by atoms with E-state index in [4.69, 9.17) is 14.0 Å². The first-order chi connectivity index (χ1) is 16.1. The number of hydrogen-bond acceptors (Lipinski definition) is 9. The number of anilines is 1. The second-order valence-corrected chi connectivity index (χ2v) is 8.48. The molecule has 0 saturated carbocycles. The summed E-state index contributed by atoms with van der Waals surface area (Å²) >= 11 is 0. The van der Waals surface area contributed by atoms with E-state index in [1.807, 2.05) is 28.0 Å². The van der Waals surface area contributed by atoms with Gasteiger partial charge in [-0.15, -0.1) is 0 Å². The fourth-order valence-corrected chi connectivity index (χ4v) is 4.47. The lowest BCUT2D eigenvalue weighted by atomic mass is 9.93. The molecule has 5 rings (SSSR count). The number of amides is 2. The zero-order valence-corrected chi connectivity index (χ0v) is 18.5. The fraction of sp³-hybridized carbons (Fsp3) is 0.500. The number of rotatable bonds is 5. The van der Waals surface area contributed by atoms with E-state index in [2.05, 4.69) is 21.3 Å². The molecule has 33 heavy (non-hydrogen) atoms. The number of benzene rings is 1. The van der Waals surface area contributed by atoms with Crippen LogP contribution in [0.25, 0.3) is 0 Å². The molecule has 11 heteroatoms. The largest absolute Gasteiger partial charge is 0.486 e. The van der Waals surface area contributed by atoms with Gasteiger partial charge in [0.2, 0.25) is 11.8 Å². The summed E-state index contributed by atoms with van der Waals surface area (Å²) in [6.07, 6.45) is 0. The van der Waals surface area contributed by atoms with Gasteiger partial charge in [-0.1, -0.05) is 11.2 Å². The Bertz CT molecular complexity index is 1020. The summed E-state index contributed by atoms with van der Waals surface area (Å²) in [4.78, 5) is 29.5. The Morgan fingerprint density at radius 1 is 1.12 bits per heavy atom. The standard InChI is InChI=1S/C22H28N6O5/c1-14-10-19(26-33-14)24-20(29)13-27-4-6-28(7-5-27)22(30)16-12-23-25-21(16)15-2-3-17-18(11-15)32-9-8-31-17/h2-3,10-11,16,21,23,25H,4-9,12-13H2,1H3,(H,24,26,29). The fourth-order valence-electron chi connectivity index (χ4n) is 4.47. The van der Waals surface area contributed by atoms with Crippen molar-refractivity contribution in [3.05, 3.63) is 35.6 Å². The summed E-state index contributed by atoms with van der Waals surface area (Å²) in [5, 5.41) is 6.51. The molecule has 11 nitrogen and oxygen atoms in total. The molecule has 1 aromatic heterocycles. The Kier molecular flexibility index (Phi) is 6.16. The summed E-state index contributed by atoms with van der Waals surface area (Å²) in [6, 6.07) is 7.35. The monoisotopic (exact) mass is 456 g/mol. The van der Waals surface area contributed by atoms with Crippen molar-refractivity contribution in [1.82, 2.24) is 25.8 Å². The van der Waals surface area contributed by atoms with Gasteiger partial charge in [0.05, 0.1) is 18.5 Å². The number of carbonyl (C=O) groups is 2. The van der Waals surface area contributed by atoms with Crippen molar-refractivity contribution in [2.75, 3.05) is 57.8 Å². The number of ether oxygens (including phenoxy) is 2. The third-order valence-corrected chi connectivity index (χ3v) is 6.17. The van der Waals surface area contributed by atoms with E-state index in [1.54, 1.807) is 13.0 Å². The van der Waals surface area contributed by atoms with Gasteiger partial charge in [-0.3, -0.25) is 19.9 Å². The Hall–Kier alpha value is -3.15. The average molecular weight is 457 g/mol. The van der Waals surface area contributed by atoms with E-state index in [1.165, 1.54) is 0 Å². The molecule has 3 aliphatic rings. The molecule has 0 radical (unpaired) electrons. The maximum absolute atomic E-state index is 13.3. The Labute approximate surface area is 191 Å². The molecule has 2 aromatic rings. The van der Waals surface area contributed by atoms with E-state index in [0.29, 0.717) is 63.3 Å². The first-order valence-electron chi connectivity index (χ1n) is 11.2. The van der Waals surface area contributed by atoms with Crippen LogP contribution in [0.15, 0.2) is 28.8 Å². The van der Waals surface area contributed by atoms with Crippen molar-refractivity contribution in [2.24, 2.45) is 5.92 Å². The second kappa shape index (κ2) is 9.38. The number of hydrazine groups is 1.